The van der Waals surface area contributed by atoms with Crippen LogP contribution in [0.4, 0.5) is 5.69 Å². The van der Waals surface area contributed by atoms with E-state index in [-0.39, 0.29) is 0 Å². The summed E-state index contributed by atoms with van der Waals surface area (Å²) in [6, 6.07) is 3.45. The molecule has 0 fully saturated rings. The van der Waals surface area contributed by atoms with Crippen molar-refractivity contribution in [3.63, 3.8) is 0 Å². The Morgan fingerprint density at radius 1 is 1.59 bits per heavy atom. The number of benzene rings is 1. The van der Waals surface area contributed by atoms with Crippen LogP contribution in [0.3, 0.4) is 0 Å². The molecule has 0 bridgehead atoms. The topological polar surface area (TPSA) is 49.8 Å². The number of anilines is 1. The number of carbonyl (C=O) groups is 1. The SMILES string of the molecule is COc1ccc(Cl)c2c1N(C)CCC2C(=O)O. The number of ether oxygens (including phenoxy) is 1. The Morgan fingerprint density at radius 2 is 2.29 bits per heavy atom. The fourth-order valence-corrected chi connectivity index (χ4v) is 2.56. The van der Waals surface area contributed by atoms with Gasteiger partial charge in [-0.1, -0.05) is 11.6 Å². The number of halogens is 1. The lowest BCUT2D eigenvalue weighted by Crippen LogP contribution is -2.31. The van der Waals surface area contributed by atoms with Crippen LogP contribution in [-0.4, -0.2) is 31.8 Å². The maximum Gasteiger partial charge on any atom is 0.311 e. The molecule has 0 saturated carbocycles. The smallest absolute Gasteiger partial charge is 0.311 e. The Balaban J connectivity index is 2.65. The summed E-state index contributed by atoms with van der Waals surface area (Å²) in [6.07, 6.45) is 0.561. The molecule has 1 aromatic carbocycles. The van der Waals surface area contributed by atoms with E-state index >= 15 is 0 Å². The summed E-state index contributed by atoms with van der Waals surface area (Å²) in [6.45, 7) is 0.681. The molecule has 0 aliphatic carbocycles. The van der Waals surface area contributed by atoms with E-state index in [1.165, 1.54) is 0 Å². The van der Waals surface area contributed by atoms with Crippen LogP contribution in [0.5, 0.6) is 5.75 Å². The van der Waals surface area contributed by atoms with Crippen LogP contribution in [0.15, 0.2) is 12.1 Å². The van der Waals surface area contributed by atoms with Gasteiger partial charge in [0.15, 0.2) is 0 Å². The fourth-order valence-electron chi connectivity index (χ4n) is 2.28. The van der Waals surface area contributed by atoms with Crippen LogP contribution in [0.1, 0.15) is 17.9 Å². The molecule has 0 saturated heterocycles. The number of carboxylic acid groups (broad SMARTS) is 1. The van der Waals surface area contributed by atoms with Crippen molar-refractivity contribution in [2.24, 2.45) is 0 Å². The summed E-state index contributed by atoms with van der Waals surface area (Å²) in [5.74, 6) is -0.726. The zero-order valence-electron chi connectivity index (χ0n) is 9.74. The van der Waals surface area contributed by atoms with E-state index in [2.05, 4.69) is 0 Å². The minimum atomic E-state index is -0.838. The number of fused-ring (bicyclic) bond motifs is 1. The lowest BCUT2D eigenvalue weighted by atomic mass is 9.89. The molecule has 1 atom stereocenters. The zero-order chi connectivity index (χ0) is 12.6. The number of carboxylic acids is 1. The average molecular weight is 256 g/mol. The highest BCUT2D eigenvalue weighted by Crippen LogP contribution is 2.44. The Labute approximate surface area is 105 Å². The van der Waals surface area contributed by atoms with E-state index in [1.807, 2.05) is 11.9 Å². The largest absolute Gasteiger partial charge is 0.495 e. The van der Waals surface area contributed by atoms with E-state index < -0.39 is 11.9 Å². The quantitative estimate of drug-likeness (QED) is 0.881. The van der Waals surface area contributed by atoms with Gasteiger partial charge in [-0.15, -0.1) is 0 Å². The summed E-state index contributed by atoms with van der Waals surface area (Å²) in [4.78, 5) is 13.2. The Bertz CT molecular complexity index is 461. The van der Waals surface area contributed by atoms with Crippen LogP contribution < -0.4 is 9.64 Å². The third kappa shape index (κ3) is 1.93. The molecule has 1 unspecified atom stereocenters. The minimum Gasteiger partial charge on any atom is -0.495 e. The second kappa shape index (κ2) is 4.45. The maximum absolute atomic E-state index is 11.3. The van der Waals surface area contributed by atoms with Crippen LogP contribution in [0, 0.1) is 0 Å². The standard InChI is InChI=1S/C12H14ClNO3/c1-14-6-5-7(12(15)16)10-8(13)3-4-9(17-2)11(10)14/h3-4,7H,5-6H2,1-2H3,(H,15,16). The van der Waals surface area contributed by atoms with Gasteiger partial charge in [0.1, 0.15) is 5.75 Å². The second-order valence-electron chi connectivity index (χ2n) is 4.11. The average Bonchev–Trinajstić information content (AvgIpc) is 2.30. The number of hydrogen-bond donors (Lipinski definition) is 1. The zero-order valence-corrected chi connectivity index (χ0v) is 10.5. The van der Waals surface area contributed by atoms with Crippen LogP contribution >= 0.6 is 11.6 Å². The van der Waals surface area contributed by atoms with Gasteiger partial charge >= 0.3 is 5.97 Å². The van der Waals surface area contributed by atoms with Gasteiger partial charge in [0.05, 0.1) is 18.7 Å². The molecule has 0 amide bonds. The number of aliphatic carboxylic acids is 1. The van der Waals surface area contributed by atoms with E-state index in [0.717, 1.165) is 5.69 Å². The van der Waals surface area contributed by atoms with Gasteiger partial charge in [0, 0.05) is 24.2 Å². The monoisotopic (exact) mass is 255 g/mol. The summed E-state index contributed by atoms with van der Waals surface area (Å²) in [7, 11) is 3.48. The lowest BCUT2D eigenvalue weighted by molar-refractivity contribution is -0.139. The van der Waals surface area contributed by atoms with Crippen LogP contribution in [0.2, 0.25) is 5.02 Å². The first kappa shape index (κ1) is 12.0. The summed E-state index contributed by atoms with van der Waals surface area (Å²) >= 11 is 6.13. The maximum atomic E-state index is 11.3. The van der Waals surface area contributed by atoms with Crippen molar-refractivity contribution < 1.29 is 14.6 Å². The molecule has 1 N–H and O–H groups in total. The molecule has 1 aliphatic heterocycles. The van der Waals surface area contributed by atoms with Gasteiger partial charge in [-0.05, 0) is 18.6 Å². The molecule has 0 spiro atoms. The highest BCUT2D eigenvalue weighted by Gasteiger charge is 2.32. The first-order valence-electron chi connectivity index (χ1n) is 5.36. The van der Waals surface area contributed by atoms with Crippen molar-refractivity contribution in [2.45, 2.75) is 12.3 Å². The second-order valence-corrected chi connectivity index (χ2v) is 4.52. The summed E-state index contributed by atoms with van der Waals surface area (Å²) in [5.41, 5.74) is 1.45. The number of hydrogen-bond acceptors (Lipinski definition) is 3. The van der Waals surface area contributed by atoms with E-state index in [9.17, 15) is 9.90 Å². The fraction of sp³-hybridized carbons (Fsp3) is 0.417. The third-order valence-corrected chi connectivity index (χ3v) is 3.46. The van der Waals surface area contributed by atoms with E-state index in [0.29, 0.717) is 29.3 Å². The molecule has 17 heavy (non-hydrogen) atoms. The Kier molecular flexibility index (Phi) is 3.15. The molecule has 92 valence electrons. The van der Waals surface area contributed by atoms with E-state index in [4.69, 9.17) is 16.3 Å². The molecular formula is C12H14ClNO3. The first-order chi connectivity index (χ1) is 8.06. The van der Waals surface area contributed by atoms with Crippen molar-refractivity contribution in [1.82, 2.24) is 0 Å². The first-order valence-corrected chi connectivity index (χ1v) is 5.74. The highest BCUT2D eigenvalue weighted by atomic mass is 35.5. The predicted octanol–water partition coefficient (Wildman–Crippen LogP) is 2.36. The lowest BCUT2D eigenvalue weighted by Gasteiger charge is -2.33. The Morgan fingerprint density at radius 3 is 2.88 bits per heavy atom. The molecular weight excluding hydrogens is 242 g/mol. The summed E-state index contributed by atoms with van der Waals surface area (Å²) in [5, 5.41) is 9.73. The van der Waals surface area contributed by atoms with E-state index in [1.54, 1.807) is 19.2 Å². The molecule has 0 radical (unpaired) electrons. The number of nitrogens with zero attached hydrogens (tertiary/aromatic N) is 1. The van der Waals surface area contributed by atoms with Crippen molar-refractivity contribution in [3.8, 4) is 5.75 Å². The normalized spacial score (nSPS) is 18.8. The van der Waals surface area contributed by atoms with Gasteiger partial charge in [0.2, 0.25) is 0 Å². The molecule has 5 heteroatoms. The number of methoxy groups -OCH3 is 1. The molecule has 1 aromatic rings. The van der Waals surface area contributed by atoms with Gasteiger partial charge < -0.3 is 14.7 Å². The third-order valence-electron chi connectivity index (χ3n) is 3.13. The van der Waals surface area contributed by atoms with Gasteiger partial charge in [-0.25, -0.2) is 0 Å². The van der Waals surface area contributed by atoms with Crippen LogP contribution in [-0.2, 0) is 4.79 Å². The van der Waals surface area contributed by atoms with Crippen molar-refractivity contribution in [1.29, 1.82) is 0 Å². The van der Waals surface area contributed by atoms with Crippen molar-refractivity contribution in [2.75, 3.05) is 25.6 Å². The van der Waals surface area contributed by atoms with Crippen molar-refractivity contribution >= 4 is 23.3 Å². The van der Waals surface area contributed by atoms with Gasteiger partial charge in [-0.3, -0.25) is 4.79 Å². The summed E-state index contributed by atoms with van der Waals surface area (Å²) < 4.78 is 5.27. The minimum absolute atomic E-state index is 0.486. The van der Waals surface area contributed by atoms with Crippen molar-refractivity contribution in [3.05, 3.63) is 22.7 Å². The molecule has 2 rings (SSSR count). The van der Waals surface area contributed by atoms with Crippen LogP contribution in [0.25, 0.3) is 0 Å². The molecule has 0 aromatic heterocycles. The molecule has 1 heterocycles. The van der Waals surface area contributed by atoms with Gasteiger partial charge in [0.25, 0.3) is 0 Å². The molecule has 1 aliphatic rings. The number of rotatable bonds is 2. The molecule has 4 nitrogen and oxygen atoms in total. The Hall–Kier alpha value is -1.42. The predicted molar refractivity (Wildman–Crippen MR) is 66.3 cm³/mol. The van der Waals surface area contributed by atoms with Gasteiger partial charge in [-0.2, -0.15) is 0 Å². The highest BCUT2D eigenvalue weighted by molar-refractivity contribution is 6.32.